The number of carbonyl (C=O) groups is 2. The van der Waals surface area contributed by atoms with E-state index < -0.39 is 71.4 Å². The van der Waals surface area contributed by atoms with E-state index in [1.54, 1.807) is 20.8 Å². The lowest BCUT2D eigenvalue weighted by molar-refractivity contribution is -0.290. The average molecular weight is 710 g/mol. The third-order valence-corrected chi connectivity index (χ3v) is 11.1. The number of terminal acetylenes is 1. The lowest BCUT2D eigenvalue weighted by Crippen LogP contribution is -2.58. The number of likely N-dealkylation sites (N-methyl/N-ethyl adjacent to an activating group) is 1. The smallest absolute Gasteiger partial charge is 0.316 e. The predicted octanol–water partition coefficient (Wildman–Crippen LogP) is 2.43. The zero-order valence-electron chi connectivity index (χ0n) is 31.6. The molecule has 0 aliphatic carbocycles. The second-order valence-electron chi connectivity index (χ2n) is 15.0. The van der Waals surface area contributed by atoms with E-state index in [0.29, 0.717) is 25.1 Å². The Labute approximate surface area is 298 Å². The number of nitrogens with zero attached hydrogens (tertiary/aromatic N) is 2. The van der Waals surface area contributed by atoms with E-state index in [1.807, 2.05) is 25.8 Å². The van der Waals surface area contributed by atoms with Crippen LogP contribution in [0.2, 0.25) is 0 Å². The van der Waals surface area contributed by atoms with Crippen molar-refractivity contribution in [3.63, 3.8) is 0 Å². The van der Waals surface area contributed by atoms with Crippen LogP contribution in [0.1, 0.15) is 93.4 Å². The van der Waals surface area contributed by atoms with Crippen molar-refractivity contribution in [2.75, 3.05) is 33.8 Å². The molecule has 286 valence electrons. The Balaban J connectivity index is 2.07. The third-order valence-electron chi connectivity index (χ3n) is 11.1. The van der Waals surface area contributed by atoms with Crippen LogP contribution in [0.5, 0.6) is 0 Å². The number of aliphatic hydroxyl groups excluding tert-OH is 2. The topological polar surface area (TPSA) is 169 Å². The number of aliphatic hydroxyl groups is 3. The summed E-state index contributed by atoms with van der Waals surface area (Å²) in [4.78, 5) is 35.3. The molecule has 3 aliphatic rings. The van der Waals surface area contributed by atoms with Crippen molar-refractivity contribution in [3.05, 3.63) is 0 Å². The molecular weight excluding hydrogens is 646 g/mol. The van der Waals surface area contributed by atoms with Crippen molar-refractivity contribution in [1.29, 1.82) is 0 Å². The highest BCUT2D eigenvalue weighted by Gasteiger charge is 2.50. The molecule has 3 aliphatic heterocycles. The first-order chi connectivity index (χ1) is 23.5. The molecule has 12 atom stereocenters. The Morgan fingerprint density at radius 3 is 2.40 bits per heavy atom. The molecule has 3 saturated heterocycles. The Morgan fingerprint density at radius 1 is 1.14 bits per heavy atom. The minimum absolute atomic E-state index is 0.124. The van der Waals surface area contributed by atoms with Gasteiger partial charge in [-0.1, -0.05) is 25.9 Å². The van der Waals surface area contributed by atoms with Crippen molar-refractivity contribution >= 4 is 17.5 Å². The number of piperidine rings is 1. The van der Waals surface area contributed by atoms with Gasteiger partial charge >= 0.3 is 5.97 Å². The van der Waals surface area contributed by atoms with Gasteiger partial charge in [0.1, 0.15) is 35.6 Å². The third kappa shape index (κ3) is 10.3. The summed E-state index contributed by atoms with van der Waals surface area (Å²) in [5.74, 6) is -1.02. The first-order valence-corrected chi connectivity index (χ1v) is 18.3. The summed E-state index contributed by atoms with van der Waals surface area (Å²) in [7, 11) is 3.41. The second-order valence-corrected chi connectivity index (χ2v) is 15.0. The van der Waals surface area contributed by atoms with Crippen molar-refractivity contribution < 1.29 is 48.7 Å². The Bertz CT molecular complexity index is 1190. The molecule has 0 bridgehead atoms. The molecule has 0 spiro atoms. The Morgan fingerprint density at radius 2 is 1.80 bits per heavy atom. The summed E-state index contributed by atoms with van der Waals surface area (Å²) in [6.07, 6.45) is 2.17. The molecule has 0 radical (unpaired) electrons. The van der Waals surface area contributed by atoms with Crippen molar-refractivity contribution in [2.24, 2.45) is 22.9 Å². The summed E-state index contributed by atoms with van der Waals surface area (Å²) < 4.78 is 24.6. The molecule has 13 heteroatoms. The molecule has 50 heavy (non-hydrogen) atoms. The largest absolute Gasteiger partial charge is 0.459 e. The number of nitrogens with one attached hydrogen (secondary N) is 1. The van der Waals surface area contributed by atoms with Gasteiger partial charge in [0.05, 0.1) is 29.6 Å². The number of esters is 1. The van der Waals surface area contributed by atoms with E-state index in [2.05, 4.69) is 16.4 Å². The van der Waals surface area contributed by atoms with E-state index in [4.69, 9.17) is 30.2 Å². The number of carbonyl (C=O) groups excluding carboxylic acids is 2. The molecule has 0 aromatic rings. The zero-order valence-corrected chi connectivity index (χ0v) is 31.6. The van der Waals surface area contributed by atoms with Crippen LogP contribution in [-0.4, -0.2) is 132 Å². The van der Waals surface area contributed by atoms with Gasteiger partial charge in [-0.05, 0) is 79.9 Å². The number of methoxy groups -OCH3 is 1. The van der Waals surface area contributed by atoms with Crippen molar-refractivity contribution in [2.45, 2.75) is 154 Å². The van der Waals surface area contributed by atoms with Gasteiger partial charge in [0.2, 0.25) is 0 Å². The minimum Gasteiger partial charge on any atom is -0.459 e. The summed E-state index contributed by atoms with van der Waals surface area (Å²) >= 11 is 0. The van der Waals surface area contributed by atoms with Crippen LogP contribution < -0.4 is 5.32 Å². The van der Waals surface area contributed by atoms with Crippen LogP contribution in [0.15, 0.2) is 5.16 Å². The van der Waals surface area contributed by atoms with E-state index in [0.717, 1.165) is 25.9 Å². The molecular formula is C37H63N3O10. The molecule has 4 N–H and O–H groups in total. The molecule has 3 rings (SSSR count). The SMILES string of the molecule is C#CCCN(C)[C@H]1C[C@@H](C)O[C@@H](O[C@@H]2CC(=O)[C@@H](C)C(=O)O[C@H](CC)[C@@](C)(O)[C@H](O)[C@@H](C)/C(=N/OC3CCNCC3)[C@H](C)C[C@@]2(C)OC)[C@@H]1O. The van der Waals surface area contributed by atoms with Crippen LogP contribution in [-0.2, 0) is 33.4 Å². The molecule has 0 aromatic heterocycles. The van der Waals surface area contributed by atoms with E-state index in [1.165, 1.54) is 21.0 Å². The standard InChI is InChI=1S/C37H63N3O10/c1-11-13-18-40(9)27-19-23(4)47-35(32(27)42)49-30-20-28(41)24(5)34(44)48-29(12-2)37(8,45)33(43)25(6)31(22(3)21-36(30,7)46-10)39-50-26-14-16-38-17-15-26/h1,22-27,29-30,32-33,35,38,42-43,45H,12-21H2,2-10H3/b39-31+/t22-,23-,24-,25+,27+,29-,30-,32-,33-,35+,36-,37-/m1/s1. The quantitative estimate of drug-likeness (QED) is 0.120. The minimum atomic E-state index is -1.88. The van der Waals surface area contributed by atoms with Crippen molar-refractivity contribution in [3.8, 4) is 12.3 Å². The highest BCUT2D eigenvalue weighted by molar-refractivity contribution is 5.99. The molecule has 3 fully saturated rings. The fourth-order valence-corrected chi connectivity index (χ4v) is 7.48. The number of ketones is 1. The first-order valence-electron chi connectivity index (χ1n) is 18.3. The number of oxime groups is 1. The van der Waals surface area contributed by atoms with Gasteiger partial charge in [-0.25, -0.2) is 0 Å². The first kappa shape index (κ1) is 42.3. The van der Waals surface area contributed by atoms with E-state index in [9.17, 15) is 24.9 Å². The highest BCUT2D eigenvalue weighted by atomic mass is 16.7. The lowest BCUT2D eigenvalue weighted by Gasteiger charge is -2.46. The fourth-order valence-electron chi connectivity index (χ4n) is 7.48. The summed E-state index contributed by atoms with van der Waals surface area (Å²) in [5, 5.41) is 42.9. The van der Waals surface area contributed by atoms with Crippen LogP contribution in [0.3, 0.4) is 0 Å². The number of cyclic esters (lactones) is 1. The van der Waals surface area contributed by atoms with Crippen LogP contribution in [0.4, 0.5) is 0 Å². The summed E-state index contributed by atoms with van der Waals surface area (Å²) in [6.45, 7) is 14.2. The van der Waals surface area contributed by atoms with Gasteiger partial charge in [0.25, 0.3) is 0 Å². The molecule has 3 heterocycles. The summed E-state index contributed by atoms with van der Waals surface area (Å²) in [6, 6.07) is -0.320. The second kappa shape index (κ2) is 18.6. The summed E-state index contributed by atoms with van der Waals surface area (Å²) in [5.41, 5.74) is -2.59. The number of ether oxygens (including phenoxy) is 4. The molecule has 13 nitrogen and oxygen atoms in total. The van der Waals surface area contributed by atoms with Gasteiger partial charge in [0.15, 0.2) is 6.29 Å². The van der Waals surface area contributed by atoms with Gasteiger partial charge in [-0.3, -0.25) is 14.5 Å². The van der Waals surface area contributed by atoms with Gasteiger partial charge in [0, 0.05) is 44.4 Å². The van der Waals surface area contributed by atoms with Gasteiger partial charge in [-0.15, -0.1) is 12.3 Å². The van der Waals surface area contributed by atoms with Gasteiger partial charge in [-0.2, -0.15) is 0 Å². The maximum atomic E-state index is 13.9. The molecule has 0 saturated carbocycles. The van der Waals surface area contributed by atoms with E-state index in [-0.39, 0.29) is 37.5 Å². The predicted molar refractivity (Wildman–Crippen MR) is 188 cm³/mol. The zero-order chi connectivity index (χ0) is 37.4. The molecule has 0 unspecified atom stereocenters. The van der Waals surface area contributed by atoms with Crippen LogP contribution in [0, 0.1) is 30.1 Å². The number of hydrogen-bond donors (Lipinski definition) is 4. The maximum Gasteiger partial charge on any atom is 0.316 e. The van der Waals surface area contributed by atoms with Crippen molar-refractivity contribution in [1.82, 2.24) is 10.2 Å². The average Bonchev–Trinajstić information content (AvgIpc) is 3.09. The Kier molecular flexibility index (Phi) is 15.7. The molecule has 0 amide bonds. The Hall–Kier alpha value is -2.15. The van der Waals surface area contributed by atoms with Crippen LogP contribution in [0.25, 0.3) is 0 Å². The van der Waals surface area contributed by atoms with Crippen LogP contribution >= 0.6 is 0 Å². The number of rotatable bonds is 9. The van der Waals surface area contributed by atoms with Gasteiger partial charge < -0.3 is 44.4 Å². The number of hydrogen-bond acceptors (Lipinski definition) is 13. The molecule has 0 aromatic carbocycles. The lowest BCUT2D eigenvalue weighted by atomic mass is 9.75. The maximum absolute atomic E-state index is 13.9. The highest BCUT2D eigenvalue weighted by Crippen LogP contribution is 2.37. The normalized spacial score (nSPS) is 41.0. The number of Topliss-reactive ketones (excluding diaryl/α,β-unsaturated/α-hetero) is 1. The van der Waals surface area contributed by atoms with E-state index >= 15 is 0 Å². The fraction of sp³-hybridized carbons (Fsp3) is 0.865. The monoisotopic (exact) mass is 709 g/mol.